The lowest BCUT2D eigenvalue weighted by Gasteiger charge is -2.22. The molecule has 0 aliphatic carbocycles. The number of hydrogen-bond donors (Lipinski definition) is 2. The molecule has 0 bridgehead atoms. The van der Waals surface area contributed by atoms with Crippen LogP contribution in [0.1, 0.15) is 24.5 Å². The van der Waals surface area contributed by atoms with Crippen LogP contribution in [0.4, 0.5) is 13.2 Å². The van der Waals surface area contributed by atoms with E-state index in [1.54, 1.807) is 0 Å². The summed E-state index contributed by atoms with van der Waals surface area (Å²) in [6.45, 7) is 2.23. The number of piperidine rings is 1. The van der Waals surface area contributed by atoms with Gasteiger partial charge >= 0.3 is 12.1 Å². The largest absolute Gasteiger partial charge is 0.490 e. The molecule has 2 N–H and O–H groups in total. The van der Waals surface area contributed by atoms with Gasteiger partial charge in [-0.1, -0.05) is 0 Å². The molecule has 0 aromatic carbocycles. The summed E-state index contributed by atoms with van der Waals surface area (Å²) >= 11 is 0. The Morgan fingerprint density at radius 3 is 2.55 bits per heavy atom. The normalized spacial score (nSPS) is 16.1. The first-order chi connectivity index (χ1) is 10.4. The smallest absolute Gasteiger partial charge is 0.475 e. The van der Waals surface area contributed by atoms with E-state index in [-0.39, 0.29) is 0 Å². The van der Waals surface area contributed by atoms with E-state index in [1.807, 2.05) is 24.8 Å². The van der Waals surface area contributed by atoms with Crippen LogP contribution in [0.25, 0.3) is 5.65 Å². The number of nitrogens with one attached hydrogen (secondary N) is 1. The number of alkyl halides is 3. The van der Waals surface area contributed by atoms with Crippen LogP contribution in [0.2, 0.25) is 0 Å². The Morgan fingerprint density at radius 2 is 1.95 bits per heavy atom. The minimum Gasteiger partial charge on any atom is -0.475 e. The van der Waals surface area contributed by atoms with E-state index in [4.69, 9.17) is 9.90 Å². The summed E-state index contributed by atoms with van der Waals surface area (Å²) in [5.41, 5.74) is 2.28. The molecular formula is C13H15F3N4O2. The zero-order valence-corrected chi connectivity index (χ0v) is 11.5. The molecule has 1 fully saturated rings. The lowest BCUT2D eigenvalue weighted by molar-refractivity contribution is -0.192. The van der Waals surface area contributed by atoms with Gasteiger partial charge in [-0.3, -0.25) is 4.98 Å². The third-order valence-corrected chi connectivity index (χ3v) is 3.35. The van der Waals surface area contributed by atoms with Crippen molar-refractivity contribution in [3.8, 4) is 0 Å². The molecule has 0 amide bonds. The van der Waals surface area contributed by atoms with Crippen LogP contribution in [-0.2, 0) is 4.79 Å². The van der Waals surface area contributed by atoms with Crippen molar-refractivity contribution in [2.45, 2.75) is 24.9 Å². The van der Waals surface area contributed by atoms with Crippen molar-refractivity contribution < 1.29 is 23.1 Å². The van der Waals surface area contributed by atoms with Crippen molar-refractivity contribution in [1.29, 1.82) is 0 Å². The number of nitrogens with zero attached hydrogens (tertiary/aromatic N) is 3. The average molecular weight is 316 g/mol. The van der Waals surface area contributed by atoms with Crippen molar-refractivity contribution in [1.82, 2.24) is 19.7 Å². The Bertz CT molecular complexity index is 635. The molecule has 0 spiro atoms. The number of carboxylic acid groups (broad SMARTS) is 1. The van der Waals surface area contributed by atoms with Crippen LogP contribution in [0.3, 0.4) is 0 Å². The molecule has 1 saturated heterocycles. The molecule has 1 aliphatic heterocycles. The van der Waals surface area contributed by atoms with Crippen LogP contribution in [0, 0.1) is 0 Å². The third-order valence-electron chi connectivity index (χ3n) is 3.35. The molecule has 2 aromatic rings. The standard InChI is InChI=1S/C11H14N4.C2HF3O2/c1-3-12-4-2-9(1)10-7-14-11-8-13-5-6-15(10)11;3-2(4,5)1(6)7/h5-9,12H,1-4H2;(H,6,7). The second-order valence-corrected chi connectivity index (χ2v) is 4.81. The summed E-state index contributed by atoms with van der Waals surface area (Å²) in [7, 11) is 0. The first-order valence-electron chi connectivity index (χ1n) is 6.67. The fraction of sp³-hybridized carbons (Fsp3) is 0.462. The number of fused-ring (bicyclic) bond motifs is 1. The highest BCUT2D eigenvalue weighted by atomic mass is 19.4. The maximum atomic E-state index is 10.6. The van der Waals surface area contributed by atoms with Crippen LogP contribution in [0.5, 0.6) is 0 Å². The number of aromatic nitrogens is 3. The molecule has 9 heteroatoms. The van der Waals surface area contributed by atoms with Crippen LogP contribution < -0.4 is 5.32 Å². The second kappa shape index (κ2) is 6.73. The Labute approximate surface area is 124 Å². The summed E-state index contributed by atoms with van der Waals surface area (Å²) in [6.07, 6.45) is 4.95. The number of imidazole rings is 1. The summed E-state index contributed by atoms with van der Waals surface area (Å²) in [5, 5.41) is 10.5. The Kier molecular flexibility index (Phi) is 4.96. The maximum Gasteiger partial charge on any atom is 0.490 e. The van der Waals surface area contributed by atoms with E-state index >= 15 is 0 Å². The average Bonchev–Trinajstić information content (AvgIpc) is 2.92. The molecule has 0 radical (unpaired) electrons. The van der Waals surface area contributed by atoms with Crippen LogP contribution in [0.15, 0.2) is 24.8 Å². The number of carboxylic acids is 1. The van der Waals surface area contributed by atoms with E-state index in [9.17, 15) is 13.2 Å². The molecular weight excluding hydrogens is 301 g/mol. The zero-order chi connectivity index (χ0) is 16.2. The van der Waals surface area contributed by atoms with E-state index < -0.39 is 12.1 Å². The summed E-state index contributed by atoms with van der Waals surface area (Å²) in [4.78, 5) is 17.3. The van der Waals surface area contributed by atoms with Crippen molar-refractivity contribution in [2.75, 3.05) is 13.1 Å². The molecule has 120 valence electrons. The minimum atomic E-state index is -5.08. The Morgan fingerprint density at radius 1 is 1.32 bits per heavy atom. The number of rotatable bonds is 1. The molecule has 0 atom stereocenters. The first-order valence-corrected chi connectivity index (χ1v) is 6.67. The SMILES string of the molecule is O=C(O)C(F)(F)F.c1cn2c(C3CCNCC3)cnc2cn1. The highest BCUT2D eigenvalue weighted by Gasteiger charge is 2.38. The highest BCUT2D eigenvalue weighted by molar-refractivity contribution is 5.73. The van der Waals surface area contributed by atoms with Crippen LogP contribution >= 0.6 is 0 Å². The number of aliphatic carboxylic acids is 1. The number of hydrogen-bond acceptors (Lipinski definition) is 4. The second-order valence-electron chi connectivity index (χ2n) is 4.81. The fourth-order valence-corrected chi connectivity index (χ4v) is 2.28. The highest BCUT2D eigenvalue weighted by Crippen LogP contribution is 2.25. The summed E-state index contributed by atoms with van der Waals surface area (Å²) < 4.78 is 33.9. The molecule has 0 saturated carbocycles. The lowest BCUT2D eigenvalue weighted by Crippen LogP contribution is -2.27. The zero-order valence-electron chi connectivity index (χ0n) is 11.5. The van der Waals surface area contributed by atoms with E-state index in [1.165, 1.54) is 18.5 Å². The lowest BCUT2D eigenvalue weighted by atomic mass is 9.95. The van der Waals surface area contributed by atoms with Crippen LogP contribution in [-0.4, -0.2) is 44.7 Å². The number of carbonyl (C=O) groups is 1. The van der Waals surface area contributed by atoms with Gasteiger partial charge in [0, 0.05) is 30.2 Å². The van der Waals surface area contributed by atoms with Gasteiger partial charge < -0.3 is 14.8 Å². The van der Waals surface area contributed by atoms with E-state index in [2.05, 4.69) is 19.7 Å². The Hall–Kier alpha value is -2.16. The van der Waals surface area contributed by atoms with Crippen molar-refractivity contribution in [2.24, 2.45) is 0 Å². The van der Waals surface area contributed by atoms with Gasteiger partial charge in [0.25, 0.3) is 0 Å². The molecule has 3 rings (SSSR count). The molecule has 2 aromatic heterocycles. The van der Waals surface area contributed by atoms with Crippen molar-refractivity contribution in [3.05, 3.63) is 30.5 Å². The van der Waals surface area contributed by atoms with Crippen molar-refractivity contribution >= 4 is 11.6 Å². The fourth-order valence-electron chi connectivity index (χ4n) is 2.28. The van der Waals surface area contributed by atoms with E-state index in [0.717, 1.165) is 18.7 Å². The molecule has 3 heterocycles. The predicted octanol–water partition coefficient (Wildman–Crippen LogP) is 1.83. The molecule has 6 nitrogen and oxygen atoms in total. The van der Waals surface area contributed by atoms with Gasteiger partial charge in [-0.25, -0.2) is 9.78 Å². The third kappa shape index (κ3) is 3.94. The molecule has 1 aliphatic rings. The van der Waals surface area contributed by atoms with Gasteiger partial charge in [0.05, 0.1) is 6.20 Å². The Balaban J connectivity index is 0.000000217. The molecule has 0 unspecified atom stereocenters. The van der Waals surface area contributed by atoms with Gasteiger partial charge in [0.2, 0.25) is 0 Å². The first kappa shape index (κ1) is 16.2. The van der Waals surface area contributed by atoms with E-state index in [0.29, 0.717) is 5.92 Å². The predicted molar refractivity (Wildman–Crippen MR) is 71.5 cm³/mol. The minimum absolute atomic E-state index is 0.642. The number of halogens is 3. The van der Waals surface area contributed by atoms with Gasteiger partial charge in [-0.2, -0.15) is 13.2 Å². The van der Waals surface area contributed by atoms with Crippen molar-refractivity contribution in [3.63, 3.8) is 0 Å². The van der Waals surface area contributed by atoms with Gasteiger partial charge in [-0.05, 0) is 25.9 Å². The summed E-state index contributed by atoms with van der Waals surface area (Å²) in [6, 6.07) is 0. The van der Waals surface area contributed by atoms with Gasteiger partial charge in [0.15, 0.2) is 5.65 Å². The van der Waals surface area contributed by atoms with Gasteiger partial charge in [-0.15, -0.1) is 0 Å². The molecule has 22 heavy (non-hydrogen) atoms. The quantitative estimate of drug-likeness (QED) is 0.839. The monoisotopic (exact) mass is 316 g/mol. The summed E-state index contributed by atoms with van der Waals surface area (Å²) in [5.74, 6) is -2.11. The maximum absolute atomic E-state index is 10.6. The van der Waals surface area contributed by atoms with Gasteiger partial charge in [0.1, 0.15) is 0 Å². The topological polar surface area (TPSA) is 79.5 Å².